The highest BCUT2D eigenvalue weighted by molar-refractivity contribution is 7.99. The molecule has 2 aromatic rings. The molecule has 0 fully saturated rings. The fourth-order valence-corrected chi connectivity index (χ4v) is 3.25. The first-order chi connectivity index (χ1) is 12.1. The van der Waals surface area contributed by atoms with E-state index in [1.807, 2.05) is 67.6 Å². The number of amides is 1. The molecule has 2 unspecified atom stereocenters. The number of benzene rings is 2. The van der Waals surface area contributed by atoms with Gasteiger partial charge in [-0.2, -0.15) is 0 Å². The maximum atomic E-state index is 12.2. The van der Waals surface area contributed by atoms with Gasteiger partial charge in [-0.15, -0.1) is 11.8 Å². The van der Waals surface area contributed by atoms with Crippen molar-refractivity contribution in [1.29, 1.82) is 0 Å². The summed E-state index contributed by atoms with van der Waals surface area (Å²) >= 11 is 1.54. The number of hydrogen-bond acceptors (Lipinski definition) is 3. The van der Waals surface area contributed by atoms with Gasteiger partial charge in [-0.1, -0.05) is 60.7 Å². The van der Waals surface area contributed by atoms with Crippen LogP contribution in [0.25, 0.3) is 0 Å². The topological polar surface area (TPSA) is 66.4 Å². The minimum Gasteiger partial charge on any atom is -0.481 e. The lowest BCUT2D eigenvalue weighted by atomic mass is 9.99. The van der Waals surface area contributed by atoms with Gasteiger partial charge in [0.2, 0.25) is 5.91 Å². The average molecular weight is 357 g/mol. The van der Waals surface area contributed by atoms with Crippen LogP contribution in [0.3, 0.4) is 0 Å². The number of thioether (sulfide) groups is 1. The van der Waals surface area contributed by atoms with Crippen molar-refractivity contribution in [3.8, 4) is 0 Å². The largest absolute Gasteiger partial charge is 0.481 e. The Hall–Kier alpha value is -2.27. The molecule has 0 aromatic heterocycles. The number of nitrogens with one attached hydrogen (secondary N) is 1. The zero-order valence-corrected chi connectivity index (χ0v) is 15.0. The van der Waals surface area contributed by atoms with Gasteiger partial charge in [0.1, 0.15) is 0 Å². The third kappa shape index (κ3) is 6.63. The predicted molar refractivity (Wildman–Crippen MR) is 101 cm³/mol. The van der Waals surface area contributed by atoms with E-state index < -0.39 is 11.9 Å². The zero-order chi connectivity index (χ0) is 18.1. The van der Waals surface area contributed by atoms with Crippen LogP contribution in [0.4, 0.5) is 0 Å². The lowest BCUT2D eigenvalue weighted by Gasteiger charge is -2.16. The molecule has 132 valence electrons. The molecule has 2 atom stereocenters. The van der Waals surface area contributed by atoms with Crippen LogP contribution in [0.1, 0.15) is 18.1 Å². The van der Waals surface area contributed by atoms with Gasteiger partial charge in [0.25, 0.3) is 0 Å². The lowest BCUT2D eigenvalue weighted by molar-refractivity contribution is -0.141. The lowest BCUT2D eigenvalue weighted by Crippen LogP contribution is -2.37. The minimum atomic E-state index is -0.895. The molecule has 0 aliphatic rings. The molecule has 0 saturated carbocycles. The second-order valence-electron chi connectivity index (χ2n) is 5.91. The first-order valence-corrected chi connectivity index (χ1v) is 9.31. The van der Waals surface area contributed by atoms with E-state index in [1.165, 1.54) is 5.56 Å². The Morgan fingerprint density at radius 3 is 2.12 bits per heavy atom. The Bertz CT molecular complexity index is 676. The molecular formula is C20H23NO3S. The molecule has 5 heteroatoms. The van der Waals surface area contributed by atoms with E-state index in [0.29, 0.717) is 6.42 Å². The summed E-state index contributed by atoms with van der Waals surface area (Å²) in [7, 11) is 0. The van der Waals surface area contributed by atoms with E-state index in [2.05, 4.69) is 5.32 Å². The Morgan fingerprint density at radius 2 is 1.56 bits per heavy atom. The molecule has 0 saturated heterocycles. The average Bonchev–Trinajstić information content (AvgIpc) is 2.64. The van der Waals surface area contributed by atoms with Gasteiger partial charge in [0.05, 0.1) is 11.2 Å². The van der Waals surface area contributed by atoms with Gasteiger partial charge in [0, 0.05) is 12.3 Å². The number of hydrogen-bond donors (Lipinski definition) is 2. The maximum Gasteiger partial charge on any atom is 0.308 e. The van der Waals surface area contributed by atoms with E-state index in [0.717, 1.165) is 11.3 Å². The van der Waals surface area contributed by atoms with E-state index in [9.17, 15) is 14.7 Å². The normalized spacial score (nSPS) is 13.0. The number of rotatable bonds is 9. The van der Waals surface area contributed by atoms with E-state index in [-0.39, 0.29) is 17.7 Å². The molecule has 2 rings (SSSR count). The summed E-state index contributed by atoms with van der Waals surface area (Å²) in [5.74, 6) is -0.895. The van der Waals surface area contributed by atoms with Crippen LogP contribution in [0.15, 0.2) is 60.7 Å². The fourth-order valence-electron chi connectivity index (χ4n) is 2.38. The van der Waals surface area contributed by atoms with Gasteiger partial charge >= 0.3 is 5.97 Å². The van der Waals surface area contributed by atoms with E-state index in [1.54, 1.807) is 11.8 Å². The third-order valence-corrected chi connectivity index (χ3v) is 5.12. The van der Waals surface area contributed by atoms with Crippen molar-refractivity contribution in [1.82, 2.24) is 5.32 Å². The molecule has 2 N–H and O–H groups in total. The molecule has 4 nitrogen and oxygen atoms in total. The van der Waals surface area contributed by atoms with Crippen LogP contribution in [0, 0.1) is 5.92 Å². The quantitative estimate of drug-likeness (QED) is 0.722. The number of carboxylic acid groups (broad SMARTS) is 1. The van der Waals surface area contributed by atoms with Crippen LogP contribution < -0.4 is 5.32 Å². The highest BCUT2D eigenvalue weighted by atomic mass is 32.2. The summed E-state index contributed by atoms with van der Waals surface area (Å²) < 4.78 is 0. The van der Waals surface area contributed by atoms with Gasteiger partial charge in [-0.25, -0.2) is 0 Å². The molecule has 0 radical (unpaired) electrons. The Morgan fingerprint density at radius 1 is 1.00 bits per heavy atom. The van der Waals surface area contributed by atoms with Crippen LogP contribution in [0.5, 0.6) is 0 Å². The monoisotopic (exact) mass is 357 g/mol. The van der Waals surface area contributed by atoms with Crippen molar-refractivity contribution in [3.63, 3.8) is 0 Å². The van der Waals surface area contributed by atoms with Crippen molar-refractivity contribution in [3.05, 3.63) is 71.8 Å². The molecule has 0 bridgehead atoms. The second-order valence-corrected chi connectivity index (χ2v) is 7.24. The molecule has 1 amide bonds. The van der Waals surface area contributed by atoms with Crippen LogP contribution in [-0.4, -0.2) is 28.8 Å². The van der Waals surface area contributed by atoms with Crippen molar-refractivity contribution in [2.24, 2.45) is 5.92 Å². The zero-order valence-electron chi connectivity index (χ0n) is 14.2. The molecule has 25 heavy (non-hydrogen) atoms. The highest BCUT2D eigenvalue weighted by Crippen LogP contribution is 2.17. The molecule has 0 spiro atoms. The second kappa shape index (κ2) is 9.89. The summed E-state index contributed by atoms with van der Waals surface area (Å²) in [5.41, 5.74) is 2.12. The van der Waals surface area contributed by atoms with Crippen molar-refractivity contribution in [2.75, 3.05) is 6.54 Å². The number of aliphatic carboxylic acids is 1. The van der Waals surface area contributed by atoms with Crippen molar-refractivity contribution < 1.29 is 14.7 Å². The Labute approximate surface area is 152 Å². The molecule has 0 heterocycles. The van der Waals surface area contributed by atoms with Crippen LogP contribution >= 0.6 is 11.8 Å². The van der Waals surface area contributed by atoms with Gasteiger partial charge in [-0.05, 0) is 24.5 Å². The first-order valence-electron chi connectivity index (χ1n) is 8.26. The standard InChI is InChI=1S/C20H23NO3S/c1-15(25-14-17-10-6-3-7-11-17)19(22)21-13-18(20(23)24)12-16-8-4-2-5-9-16/h2-11,15,18H,12-14H2,1H3,(H,21,22)(H,23,24). The number of carbonyl (C=O) groups is 2. The summed E-state index contributed by atoms with van der Waals surface area (Å²) in [6.07, 6.45) is 0.405. The molecule has 0 aliphatic carbocycles. The molecular weight excluding hydrogens is 334 g/mol. The van der Waals surface area contributed by atoms with Gasteiger partial charge in [-0.3, -0.25) is 9.59 Å². The first kappa shape index (κ1) is 19.1. The SMILES string of the molecule is CC(SCc1ccccc1)C(=O)NCC(Cc1ccccc1)C(=O)O. The van der Waals surface area contributed by atoms with Gasteiger partial charge < -0.3 is 10.4 Å². The Kier molecular flexibility index (Phi) is 7.54. The summed E-state index contributed by atoms with van der Waals surface area (Å²) in [4.78, 5) is 23.7. The third-order valence-electron chi connectivity index (χ3n) is 3.91. The Balaban J connectivity index is 1.80. The predicted octanol–water partition coefficient (Wildman–Crippen LogP) is 3.37. The molecule has 0 aliphatic heterocycles. The van der Waals surface area contributed by atoms with Crippen molar-refractivity contribution in [2.45, 2.75) is 24.3 Å². The summed E-state index contributed by atoms with van der Waals surface area (Å²) in [6.45, 7) is 1.98. The number of carbonyl (C=O) groups excluding carboxylic acids is 1. The van der Waals surface area contributed by atoms with Crippen LogP contribution in [0.2, 0.25) is 0 Å². The molecule has 2 aromatic carbocycles. The van der Waals surface area contributed by atoms with Crippen molar-refractivity contribution >= 4 is 23.6 Å². The minimum absolute atomic E-state index is 0.125. The van der Waals surface area contributed by atoms with Crippen LogP contribution in [-0.2, 0) is 21.8 Å². The van der Waals surface area contributed by atoms with E-state index >= 15 is 0 Å². The summed E-state index contributed by atoms with van der Waals surface area (Å²) in [6, 6.07) is 19.4. The smallest absolute Gasteiger partial charge is 0.308 e. The highest BCUT2D eigenvalue weighted by Gasteiger charge is 2.21. The maximum absolute atomic E-state index is 12.2. The fraction of sp³-hybridized carbons (Fsp3) is 0.300. The van der Waals surface area contributed by atoms with E-state index in [4.69, 9.17) is 0 Å². The number of carboxylic acids is 1. The van der Waals surface area contributed by atoms with Gasteiger partial charge in [0.15, 0.2) is 0 Å². The summed E-state index contributed by atoms with van der Waals surface area (Å²) in [5, 5.41) is 11.9.